The van der Waals surface area contributed by atoms with Gasteiger partial charge in [0.25, 0.3) is 0 Å². The third kappa shape index (κ3) is 5.04. The van der Waals surface area contributed by atoms with Crippen LogP contribution in [-0.2, 0) is 12.5 Å². The van der Waals surface area contributed by atoms with Crippen molar-refractivity contribution in [2.75, 3.05) is 0 Å². The van der Waals surface area contributed by atoms with Gasteiger partial charge in [-0.1, -0.05) is 0 Å². The first-order chi connectivity index (χ1) is 11.2. The summed E-state index contributed by atoms with van der Waals surface area (Å²) in [6, 6.07) is 2.66. The lowest BCUT2D eigenvalue weighted by Gasteiger charge is -2.19. The minimum atomic E-state index is -5.96. The van der Waals surface area contributed by atoms with E-state index in [0.29, 0.717) is 10.9 Å². The van der Waals surface area contributed by atoms with E-state index in [1.165, 1.54) is 12.1 Å². The van der Waals surface area contributed by atoms with Crippen molar-refractivity contribution in [2.45, 2.75) is 31.2 Å². The van der Waals surface area contributed by atoms with Crippen LogP contribution in [0.5, 0.6) is 0 Å². The first-order valence-electron chi connectivity index (χ1n) is 6.27. The zero-order chi connectivity index (χ0) is 19.6. The second-order valence-corrected chi connectivity index (χ2v) is 5.79. The highest BCUT2D eigenvalue weighted by atomic mass is 79.9. The van der Waals surface area contributed by atoms with Gasteiger partial charge in [0.2, 0.25) is 0 Å². The first kappa shape index (κ1) is 21.2. The minimum Gasteiger partial charge on any atom is -0.271 e. The number of hydrogen-bond donors (Lipinski definition) is 0. The van der Waals surface area contributed by atoms with Crippen LogP contribution in [0.15, 0.2) is 10.7 Å². The summed E-state index contributed by atoms with van der Waals surface area (Å²) in [5, 5.41) is 20.4. The fourth-order valence-electron chi connectivity index (χ4n) is 1.90. The molecule has 0 N–H and O–H groups in total. The number of aromatic nitrogens is 2. The molecule has 0 amide bonds. The maximum Gasteiger partial charge on any atom is 0.459 e. The Balaban J connectivity index is 3.19. The summed E-state index contributed by atoms with van der Waals surface area (Å²) in [6.45, 7) is -0.849. The van der Waals surface area contributed by atoms with Crippen LogP contribution in [-0.4, -0.2) is 22.1 Å². The summed E-state index contributed by atoms with van der Waals surface area (Å²) in [5.41, 5.74) is -1.73. The van der Waals surface area contributed by atoms with E-state index < -0.39 is 53.2 Å². The molecule has 0 aromatic carbocycles. The molecular weight excluding hydrogens is 432 g/mol. The van der Waals surface area contributed by atoms with E-state index in [1.54, 1.807) is 0 Å². The van der Waals surface area contributed by atoms with E-state index in [2.05, 4.69) is 21.0 Å². The van der Waals surface area contributed by atoms with Gasteiger partial charge in [0.05, 0.1) is 23.0 Å². The summed E-state index contributed by atoms with van der Waals surface area (Å²) in [7, 11) is 0. The number of hydrogen-bond acceptors (Lipinski definition) is 3. The molecule has 0 aliphatic rings. The van der Waals surface area contributed by atoms with Crippen molar-refractivity contribution in [3.8, 4) is 12.1 Å². The normalized spacial score (nSPS) is 14.2. The highest BCUT2D eigenvalue weighted by Gasteiger charge is 2.61. The van der Waals surface area contributed by atoms with Gasteiger partial charge in [-0.15, -0.1) is 0 Å². The number of nitriles is 2. The molecule has 0 aliphatic heterocycles. The van der Waals surface area contributed by atoms with Gasteiger partial charge in [0, 0.05) is 18.7 Å². The largest absolute Gasteiger partial charge is 0.459 e. The SMILES string of the molecule is N#CC(C#N)C(Cn1cc(Br)c(C(F)(F)C(F)(F)F)n1)CC(F)(F)F. The Labute approximate surface area is 143 Å². The van der Waals surface area contributed by atoms with Crippen LogP contribution < -0.4 is 0 Å². The third-order valence-corrected chi connectivity index (χ3v) is 3.62. The summed E-state index contributed by atoms with van der Waals surface area (Å²) in [5.74, 6) is -8.79. The average Bonchev–Trinajstić information content (AvgIpc) is 2.78. The molecule has 1 unspecified atom stereocenters. The van der Waals surface area contributed by atoms with Crippen LogP contribution in [0.25, 0.3) is 0 Å². The van der Waals surface area contributed by atoms with Gasteiger partial charge < -0.3 is 0 Å². The van der Waals surface area contributed by atoms with Gasteiger partial charge in [-0.25, -0.2) is 0 Å². The molecule has 1 atom stereocenters. The molecule has 1 aromatic rings. The van der Waals surface area contributed by atoms with Crippen molar-refractivity contribution in [3.05, 3.63) is 16.4 Å². The second-order valence-electron chi connectivity index (χ2n) is 4.94. The Hall–Kier alpha value is -1.89. The predicted octanol–water partition coefficient (Wildman–Crippen LogP) is 4.53. The van der Waals surface area contributed by atoms with Crippen molar-refractivity contribution in [1.82, 2.24) is 9.78 Å². The van der Waals surface area contributed by atoms with E-state index in [4.69, 9.17) is 10.5 Å². The quantitative estimate of drug-likeness (QED) is 0.634. The Kier molecular flexibility index (Phi) is 6.05. The van der Waals surface area contributed by atoms with Gasteiger partial charge >= 0.3 is 18.3 Å². The number of rotatable bonds is 5. The second kappa shape index (κ2) is 7.15. The van der Waals surface area contributed by atoms with Crippen LogP contribution in [0.3, 0.4) is 0 Å². The Morgan fingerprint density at radius 1 is 1.08 bits per heavy atom. The van der Waals surface area contributed by atoms with E-state index in [-0.39, 0.29) is 0 Å². The topological polar surface area (TPSA) is 65.4 Å². The lowest BCUT2D eigenvalue weighted by Crippen LogP contribution is -2.34. The molecule has 25 heavy (non-hydrogen) atoms. The third-order valence-electron chi connectivity index (χ3n) is 3.04. The molecule has 0 saturated heterocycles. The smallest absolute Gasteiger partial charge is 0.271 e. The van der Waals surface area contributed by atoms with Gasteiger partial charge in [0.1, 0.15) is 5.92 Å². The molecule has 0 saturated carbocycles. The summed E-state index contributed by atoms with van der Waals surface area (Å²) >= 11 is 2.45. The first-order valence-corrected chi connectivity index (χ1v) is 7.06. The average molecular weight is 439 g/mol. The van der Waals surface area contributed by atoms with Gasteiger partial charge in [-0.2, -0.15) is 50.7 Å². The molecule has 0 fully saturated rings. The van der Waals surface area contributed by atoms with Crippen LogP contribution in [0.2, 0.25) is 0 Å². The maximum atomic E-state index is 13.3. The Morgan fingerprint density at radius 2 is 1.60 bits per heavy atom. The van der Waals surface area contributed by atoms with Crippen molar-refractivity contribution >= 4 is 15.9 Å². The molecular formula is C12H7BrF8N4. The van der Waals surface area contributed by atoms with Crippen LogP contribution >= 0.6 is 15.9 Å². The van der Waals surface area contributed by atoms with Crippen molar-refractivity contribution in [3.63, 3.8) is 0 Å². The van der Waals surface area contributed by atoms with E-state index >= 15 is 0 Å². The zero-order valence-electron chi connectivity index (χ0n) is 11.8. The molecule has 4 nitrogen and oxygen atoms in total. The van der Waals surface area contributed by atoms with Crippen LogP contribution in [0.4, 0.5) is 35.1 Å². The van der Waals surface area contributed by atoms with E-state index in [9.17, 15) is 35.1 Å². The Bertz CT molecular complexity index is 680. The van der Waals surface area contributed by atoms with Crippen molar-refractivity contribution in [2.24, 2.45) is 11.8 Å². The van der Waals surface area contributed by atoms with Gasteiger partial charge in [-0.05, 0) is 15.9 Å². The minimum absolute atomic E-state index is 0.414. The zero-order valence-corrected chi connectivity index (χ0v) is 13.4. The van der Waals surface area contributed by atoms with E-state index in [1.807, 2.05) is 0 Å². The predicted molar refractivity (Wildman–Crippen MR) is 68.8 cm³/mol. The maximum absolute atomic E-state index is 13.3. The fraction of sp³-hybridized carbons (Fsp3) is 0.583. The van der Waals surface area contributed by atoms with Crippen LogP contribution in [0, 0.1) is 34.5 Å². The summed E-state index contributed by atoms with van der Waals surface area (Å²) in [4.78, 5) is 0. The van der Waals surface area contributed by atoms with Crippen LogP contribution in [0.1, 0.15) is 12.1 Å². The fourth-order valence-corrected chi connectivity index (χ4v) is 2.47. The van der Waals surface area contributed by atoms with Gasteiger partial charge in [0.15, 0.2) is 5.69 Å². The number of nitrogens with zero attached hydrogens (tertiary/aromatic N) is 4. The van der Waals surface area contributed by atoms with Crippen molar-refractivity contribution in [1.29, 1.82) is 10.5 Å². The Morgan fingerprint density at radius 3 is 2.00 bits per heavy atom. The molecule has 0 radical (unpaired) electrons. The molecule has 0 bridgehead atoms. The van der Waals surface area contributed by atoms with Gasteiger partial charge in [-0.3, -0.25) is 4.68 Å². The molecule has 1 aromatic heterocycles. The molecule has 13 heteroatoms. The summed E-state index contributed by atoms with van der Waals surface area (Å²) in [6.07, 6.45) is -11.7. The molecule has 0 spiro atoms. The highest BCUT2D eigenvalue weighted by Crippen LogP contribution is 2.45. The molecule has 0 aliphatic carbocycles. The number of halogens is 9. The molecule has 1 rings (SSSR count). The standard InChI is InChI=1S/C12H7BrF8N4/c13-8-5-25(24-9(8)11(17,18)12(19,20)21)4-6(1-10(14,15)16)7(2-22)3-23/h5-7H,1,4H2. The van der Waals surface area contributed by atoms with Crippen molar-refractivity contribution < 1.29 is 35.1 Å². The molecule has 1 heterocycles. The monoisotopic (exact) mass is 438 g/mol. The lowest BCUT2D eigenvalue weighted by atomic mass is 9.91. The number of alkyl halides is 8. The highest BCUT2D eigenvalue weighted by molar-refractivity contribution is 9.10. The molecule has 138 valence electrons. The lowest BCUT2D eigenvalue weighted by molar-refractivity contribution is -0.291. The van der Waals surface area contributed by atoms with E-state index in [0.717, 1.165) is 0 Å². The summed E-state index contributed by atoms with van der Waals surface area (Å²) < 4.78 is 101.